The van der Waals surface area contributed by atoms with Crippen LogP contribution < -0.4 is 10.6 Å². The number of guanidine groups is 1. The number of hydrogen-bond donors (Lipinski definition) is 2. The molecule has 0 aliphatic heterocycles. The summed E-state index contributed by atoms with van der Waals surface area (Å²) in [6.45, 7) is 3.65. The van der Waals surface area contributed by atoms with Crippen molar-refractivity contribution >= 4 is 5.96 Å². The van der Waals surface area contributed by atoms with Gasteiger partial charge < -0.3 is 15.1 Å². The van der Waals surface area contributed by atoms with E-state index in [1.54, 1.807) is 12.3 Å². The number of benzene rings is 1. The lowest BCUT2D eigenvalue weighted by atomic mass is 10.1. The molecule has 0 spiro atoms. The molecule has 1 heterocycles. The van der Waals surface area contributed by atoms with E-state index >= 15 is 0 Å². The molecule has 0 bridgehead atoms. The second kappa shape index (κ2) is 8.42. The van der Waals surface area contributed by atoms with Crippen LogP contribution in [0.1, 0.15) is 23.8 Å². The van der Waals surface area contributed by atoms with Crippen LogP contribution in [0.25, 0.3) is 0 Å². The first-order valence-electron chi connectivity index (χ1n) is 7.69. The SMILES string of the molecule is CCNC(=NCc1ccco1)NCCc1ccc(C(F)(F)F)cc1. The van der Waals surface area contributed by atoms with Crippen LogP contribution in [-0.2, 0) is 19.1 Å². The Morgan fingerprint density at radius 3 is 2.46 bits per heavy atom. The molecule has 0 aliphatic rings. The first-order valence-corrected chi connectivity index (χ1v) is 7.69. The van der Waals surface area contributed by atoms with E-state index in [-0.39, 0.29) is 0 Å². The molecule has 0 saturated heterocycles. The predicted octanol–water partition coefficient (Wildman–Crippen LogP) is 3.60. The molecule has 0 fully saturated rings. The second-order valence-electron chi connectivity index (χ2n) is 5.15. The quantitative estimate of drug-likeness (QED) is 0.624. The maximum atomic E-state index is 12.5. The maximum absolute atomic E-state index is 12.5. The van der Waals surface area contributed by atoms with Gasteiger partial charge in [-0.2, -0.15) is 13.2 Å². The number of alkyl halides is 3. The summed E-state index contributed by atoms with van der Waals surface area (Å²) >= 11 is 0. The van der Waals surface area contributed by atoms with Crippen molar-refractivity contribution in [3.8, 4) is 0 Å². The van der Waals surface area contributed by atoms with Crippen molar-refractivity contribution in [2.75, 3.05) is 13.1 Å². The number of halogens is 3. The van der Waals surface area contributed by atoms with Gasteiger partial charge in [0.15, 0.2) is 5.96 Å². The van der Waals surface area contributed by atoms with E-state index in [1.807, 2.05) is 13.0 Å². The molecule has 1 aromatic heterocycles. The summed E-state index contributed by atoms with van der Waals surface area (Å²) in [7, 11) is 0. The molecular formula is C17H20F3N3O. The van der Waals surface area contributed by atoms with Gasteiger partial charge in [-0.25, -0.2) is 4.99 Å². The Hall–Kier alpha value is -2.44. The van der Waals surface area contributed by atoms with Crippen LogP contribution in [0.4, 0.5) is 13.2 Å². The average Bonchev–Trinajstić information content (AvgIpc) is 3.05. The standard InChI is InChI=1S/C17H20F3N3O/c1-2-21-16(23-12-15-4-3-11-24-15)22-10-9-13-5-7-14(8-6-13)17(18,19)20/h3-8,11H,2,9-10,12H2,1H3,(H2,21,22,23). The molecule has 4 nitrogen and oxygen atoms in total. The van der Waals surface area contributed by atoms with Crippen LogP contribution in [0.15, 0.2) is 52.1 Å². The third kappa shape index (κ3) is 5.64. The topological polar surface area (TPSA) is 49.6 Å². The molecular weight excluding hydrogens is 319 g/mol. The summed E-state index contributed by atoms with van der Waals surface area (Å²) in [5, 5.41) is 6.26. The molecule has 7 heteroatoms. The molecule has 0 radical (unpaired) electrons. The fourth-order valence-electron chi connectivity index (χ4n) is 2.09. The van der Waals surface area contributed by atoms with Crippen LogP contribution in [-0.4, -0.2) is 19.0 Å². The Labute approximate surface area is 138 Å². The Morgan fingerprint density at radius 2 is 1.88 bits per heavy atom. The average molecular weight is 339 g/mol. The molecule has 0 unspecified atom stereocenters. The first kappa shape index (κ1) is 17.9. The lowest BCUT2D eigenvalue weighted by Crippen LogP contribution is -2.38. The highest BCUT2D eigenvalue weighted by molar-refractivity contribution is 5.79. The highest BCUT2D eigenvalue weighted by Crippen LogP contribution is 2.29. The van der Waals surface area contributed by atoms with Crippen LogP contribution in [0, 0.1) is 0 Å². The number of furan rings is 1. The molecule has 2 N–H and O–H groups in total. The minimum Gasteiger partial charge on any atom is -0.467 e. The van der Waals surface area contributed by atoms with E-state index in [2.05, 4.69) is 15.6 Å². The number of hydrogen-bond acceptors (Lipinski definition) is 2. The first-order chi connectivity index (χ1) is 11.5. The van der Waals surface area contributed by atoms with Gasteiger partial charge in [-0.3, -0.25) is 0 Å². The third-order valence-corrected chi connectivity index (χ3v) is 3.30. The van der Waals surface area contributed by atoms with Crippen LogP contribution >= 0.6 is 0 Å². The minimum atomic E-state index is -4.30. The summed E-state index contributed by atoms with van der Waals surface area (Å²) < 4.78 is 42.8. The molecule has 24 heavy (non-hydrogen) atoms. The summed E-state index contributed by atoms with van der Waals surface area (Å²) in [6, 6.07) is 8.84. The van der Waals surface area contributed by atoms with Crippen LogP contribution in [0.3, 0.4) is 0 Å². The Morgan fingerprint density at radius 1 is 1.12 bits per heavy atom. The highest BCUT2D eigenvalue weighted by Gasteiger charge is 2.29. The van der Waals surface area contributed by atoms with E-state index in [0.717, 1.165) is 23.5 Å². The van der Waals surface area contributed by atoms with Gasteiger partial charge in [-0.1, -0.05) is 12.1 Å². The lowest BCUT2D eigenvalue weighted by molar-refractivity contribution is -0.137. The smallest absolute Gasteiger partial charge is 0.416 e. The third-order valence-electron chi connectivity index (χ3n) is 3.30. The molecule has 0 aliphatic carbocycles. The predicted molar refractivity (Wildman–Crippen MR) is 86.7 cm³/mol. The van der Waals surface area contributed by atoms with Crippen molar-refractivity contribution in [1.29, 1.82) is 0 Å². The van der Waals surface area contributed by atoms with Crippen LogP contribution in [0.5, 0.6) is 0 Å². The summed E-state index contributed by atoms with van der Waals surface area (Å²) in [5.41, 5.74) is 0.199. The van der Waals surface area contributed by atoms with Gasteiger partial charge in [-0.05, 0) is 43.2 Å². The van der Waals surface area contributed by atoms with Gasteiger partial charge >= 0.3 is 6.18 Å². The molecule has 0 atom stereocenters. The van der Waals surface area contributed by atoms with E-state index < -0.39 is 11.7 Å². The largest absolute Gasteiger partial charge is 0.467 e. The number of rotatable bonds is 6. The lowest BCUT2D eigenvalue weighted by Gasteiger charge is -2.11. The van der Waals surface area contributed by atoms with Gasteiger partial charge in [0.05, 0.1) is 11.8 Å². The molecule has 0 saturated carbocycles. The van der Waals surface area contributed by atoms with E-state index in [0.29, 0.717) is 32.0 Å². The van der Waals surface area contributed by atoms with E-state index in [1.165, 1.54) is 12.1 Å². The molecule has 130 valence electrons. The molecule has 1 aromatic carbocycles. The Kier molecular flexibility index (Phi) is 6.28. The van der Waals surface area contributed by atoms with Gasteiger partial charge in [0, 0.05) is 13.1 Å². The fourth-order valence-corrected chi connectivity index (χ4v) is 2.09. The van der Waals surface area contributed by atoms with Crippen molar-refractivity contribution in [3.05, 3.63) is 59.5 Å². The highest BCUT2D eigenvalue weighted by atomic mass is 19.4. The normalized spacial score (nSPS) is 12.2. The van der Waals surface area contributed by atoms with E-state index in [4.69, 9.17) is 4.42 Å². The Bertz CT molecular complexity index is 634. The van der Waals surface area contributed by atoms with Gasteiger partial charge in [0.2, 0.25) is 0 Å². The maximum Gasteiger partial charge on any atom is 0.416 e. The van der Waals surface area contributed by atoms with Gasteiger partial charge in [0.1, 0.15) is 12.3 Å². The number of nitrogens with one attached hydrogen (secondary N) is 2. The van der Waals surface area contributed by atoms with Crippen molar-refractivity contribution in [2.24, 2.45) is 4.99 Å². The fraction of sp³-hybridized carbons (Fsp3) is 0.353. The van der Waals surface area contributed by atoms with Crippen LogP contribution in [0.2, 0.25) is 0 Å². The van der Waals surface area contributed by atoms with E-state index in [9.17, 15) is 13.2 Å². The summed E-state index contributed by atoms with van der Waals surface area (Å²) in [5.74, 6) is 1.40. The van der Waals surface area contributed by atoms with Crippen molar-refractivity contribution < 1.29 is 17.6 Å². The Balaban J connectivity index is 1.84. The van der Waals surface area contributed by atoms with Crippen molar-refractivity contribution in [1.82, 2.24) is 10.6 Å². The molecule has 0 amide bonds. The minimum absolute atomic E-state index is 0.419. The molecule has 2 rings (SSSR count). The van der Waals surface area contributed by atoms with Crippen molar-refractivity contribution in [3.63, 3.8) is 0 Å². The molecule has 2 aromatic rings. The number of nitrogens with zero attached hydrogens (tertiary/aromatic N) is 1. The van der Waals surface area contributed by atoms with Crippen molar-refractivity contribution in [2.45, 2.75) is 26.1 Å². The summed E-state index contributed by atoms with van der Waals surface area (Å²) in [6.07, 6.45) is -2.10. The monoisotopic (exact) mass is 339 g/mol. The van der Waals surface area contributed by atoms with Gasteiger partial charge in [-0.15, -0.1) is 0 Å². The number of aliphatic imine (C=N–C) groups is 1. The zero-order valence-electron chi connectivity index (χ0n) is 13.4. The summed E-state index contributed by atoms with van der Waals surface area (Å²) in [4.78, 5) is 4.39. The van der Waals surface area contributed by atoms with Gasteiger partial charge in [0.25, 0.3) is 0 Å². The second-order valence-corrected chi connectivity index (χ2v) is 5.15. The zero-order chi connectivity index (χ0) is 17.4. The zero-order valence-corrected chi connectivity index (χ0v) is 13.4.